The first kappa shape index (κ1) is 24.9. The maximum atomic E-state index is 11.8. The molecule has 0 saturated carbocycles. The van der Waals surface area contributed by atoms with Crippen molar-refractivity contribution in [1.29, 1.82) is 0 Å². The zero-order valence-corrected chi connectivity index (χ0v) is 19.7. The fourth-order valence-electron chi connectivity index (χ4n) is 3.30. The Balaban J connectivity index is 2.02. The molecule has 0 aromatic heterocycles. The fraction of sp³-hybridized carbons (Fsp3) is 0.417. The summed E-state index contributed by atoms with van der Waals surface area (Å²) >= 11 is 3.45. The van der Waals surface area contributed by atoms with E-state index in [9.17, 15) is 14.7 Å². The topological polar surface area (TPSA) is 76.1 Å². The molecule has 0 fully saturated rings. The van der Waals surface area contributed by atoms with Gasteiger partial charge in [-0.2, -0.15) is 0 Å². The number of hydrogen-bond donors (Lipinski definition) is 1. The van der Waals surface area contributed by atoms with Crippen molar-refractivity contribution < 1.29 is 24.2 Å². The summed E-state index contributed by atoms with van der Waals surface area (Å²) in [6.45, 7) is 4.47. The number of phenolic OH excluding ortho intramolecular Hbond substituents is 1. The predicted octanol–water partition coefficient (Wildman–Crippen LogP) is 4.72. The molecular weight excluding hydrogens is 462 g/mol. The smallest absolute Gasteiger partial charge is 0.338 e. The van der Waals surface area contributed by atoms with Gasteiger partial charge in [0.25, 0.3) is 0 Å². The lowest BCUT2D eigenvalue weighted by molar-refractivity contribution is -0.143. The van der Waals surface area contributed by atoms with E-state index in [0.29, 0.717) is 41.8 Å². The Morgan fingerprint density at radius 2 is 1.87 bits per heavy atom. The highest BCUT2D eigenvalue weighted by Gasteiger charge is 2.13. The Hall–Kier alpha value is -2.38. The van der Waals surface area contributed by atoms with Crippen molar-refractivity contribution in [3.63, 3.8) is 0 Å². The number of carbonyl (C=O) groups excluding carboxylic acids is 2. The maximum Gasteiger partial charge on any atom is 0.338 e. The molecule has 0 aliphatic rings. The quantitative estimate of drug-likeness (QED) is 0.342. The van der Waals surface area contributed by atoms with E-state index < -0.39 is 0 Å². The summed E-state index contributed by atoms with van der Waals surface area (Å²) in [5.41, 5.74) is 2.45. The van der Waals surface area contributed by atoms with E-state index in [4.69, 9.17) is 9.47 Å². The zero-order chi connectivity index (χ0) is 22.6. The van der Waals surface area contributed by atoms with E-state index in [1.54, 1.807) is 12.1 Å². The van der Waals surface area contributed by atoms with Crippen LogP contribution in [-0.4, -0.2) is 48.8 Å². The summed E-state index contributed by atoms with van der Waals surface area (Å²) in [6.07, 6.45) is 2.75. The average molecular weight is 492 g/mol. The Morgan fingerprint density at radius 3 is 2.55 bits per heavy atom. The fourth-order valence-corrected chi connectivity index (χ4v) is 3.89. The number of benzene rings is 2. The lowest BCUT2D eigenvalue weighted by Crippen LogP contribution is -2.27. The monoisotopic (exact) mass is 491 g/mol. The number of ether oxygens (including phenoxy) is 2. The van der Waals surface area contributed by atoms with Gasteiger partial charge in [-0.25, -0.2) is 4.79 Å². The molecular formula is C24H30BrNO5. The normalized spacial score (nSPS) is 10.8. The van der Waals surface area contributed by atoms with Crippen LogP contribution in [0.15, 0.2) is 46.9 Å². The Kier molecular flexibility index (Phi) is 10.5. The van der Waals surface area contributed by atoms with Crippen LogP contribution in [0.5, 0.6) is 5.75 Å². The lowest BCUT2D eigenvalue weighted by atomic mass is 10.1. The lowest BCUT2D eigenvalue weighted by Gasteiger charge is -2.23. The van der Waals surface area contributed by atoms with Crippen LogP contribution in [-0.2, 0) is 27.2 Å². The molecule has 31 heavy (non-hydrogen) atoms. The summed E-state index contributed by atoms with van der Waals surface area (Å²) in [4.78, 5) is 25.7. The zero-order valence-electron chi connectivity index (χ0n) is 18.1. The molecule has 2 aromatic carbocycles. The number of hydrogen-bond acceptors (Lipinski definition) is 6. The number of phenols is 1. The van der Waals surface area contributed by atoms with Gasteiger partial charge in [-0.05, 0) is 78.0 Å². The third-order valence-electron chi connectivity index (χ3n) is 4.94. The highest BCUT2D eigenvalue weighted by Crippen LogP contribution is 2.22. The Bertz CT molecular complexity index is 871. The second-order valence-electron chi connectivity index (χ2n) is 7.22. The molecule has 0 unspecified atom stereocenters. The van der Waals surface area contributed by atoms with Crippen molar-refractivity contribution >= 4 is 27.9 Å². The minimum absolute atomic E-state index is 0.161. The molecule has 2 rings (SSSR count). The summed E-state index contributed by atoms with van der Waals surface area (Å²) in [6, 6.07) is 13.0. The van der Waals surface area contributed by atoms with Gasteiger partial charge in [0, 0.05) is 24.0 Å². The van der Waals surface area contributed by atoms with Gasteiger partial charge in [0.05, 0.1) is 19.3 Å². The molecule has 7 heteroatoms. The minimum Gasteiger partial charge on any atom is -0.508 e. The average Bonchev–Trinajstić information content (AvgIpc) is 2.75. The number of nitrogens with zero attached hydrogens (tertiary/aromatic N) is 1. The van der Waals surface area contributed by atoms with Gasteiger partial charge in [-0.3, -0.25) is 9.69 Å². The predicted molar refractivity (Wildman–Crippen MR) is 123 cm³/mol. The molecule has 0 spiro atoms. The number of rotatable bonds is 12. The third kappa shape index (κ3) is 8.34. The SMILES string of the molecule is CCOC(=O)CCCCN(CCc1ccccc1O)Cc1ccc(C(=O)OC)c(Br)c1. The van der Waals surface area contributed by atoms with Crippen LogP contribution in [0.25, 0.3) is 0 Å². The van der Waals surface area contributed by atoms with E-state index >= 15 is 0 Å². The first-order valence-electron chi connectivity index (χ1n) is 10.5. The number of para-hydroxylation sites is 1. The summed E-state index contributed by atoms with van der Waals surface area (Å²) < 4.78 is 10.5. The molecule has 168 valence electrons. The van der Waals surface area contributed by atoms with Crippen LogP contribution in [0.1, 0.15) is 47.7 Å². The molecule has 0 heterocycles. The molecule has 0 bridgehead atoms. The molecule has 1 N–H and O–H groups in total. The van der Waals surface area contributed by atoms with Crippen LogP contribution >= 0.6 is 15.9 Å². The highest BCUT2D eigenvalue weighted by atomic mass is 79.9. The van der Waals surface area contributed by atoms with Crippen molar-refractivity contribution in [2.45, 2.75) is 39.2 Å². The van der Waals surface area contributed by atoms with Crippen LogP contribution < -0.4 is 0 Å². The molecule has 0 aliphatic heterocycles. The standard InChI is InChI=1S/C24H30BrNO5/c1-3-31-23(28)10-6-7-14-26(15-13-19-8-4-5-9-22(19)27)17-18-11-12-20(21(25)16-18)24(29)30-2/h4-5,8-9,11-12,16,27H,3,6-7,10,13-15,17H2,1-2H3. The highest BCUT2D eigenvalue weighted by molar-refractivity contribution is 9.10. The second-order valence-corrected chi connectivity index (χ2v) is 8.08. The number of halogens is 1. The van der Waals surface area contributed by atoms with Gasteiger partial charge >= 0.3 is 11.9 Å². The van der Waals surface area contributed by atoms with E-state index in [0.717, 1.165) is 37.1 Å². The molecule has 6 nitrogen and oxygen atoms in total. The second kappa shape index (κ2) is 13.1. The number of methoxy groups -OCH3 is 1. The van der Waals surface area contributed by atoms with E-state index in [2.05, 4.69) is 20.8 Å². The number of unbranched alkanes of at least 4 members (excludes halogenated alkanes) is 1. The van der Waals surface area contributed by atoms with Gasteiger partial charge in [0.2, 0.25) is 0 Å². The molecule has 0 aliphatic carbocycles. The van der Waals surface area contributed by atoms with Gasteiger partial charge in [0.1, 0.15) is 5.75 Å². The van der Waals surface area contributed by atoms with Crippen LogP contribution in [0, 0.1) is 0 Å². The van der Waals surface area contributed by atoms with Crippen molar-refractivity contribution in [1.82, 2.24) is 4.90 Å². The summed E-state index contributed by atoms with van der Waals surface area (Å²) in [7, 11) is 1.36. The van der Waals surface area contributed by atoms with E-state index in [1.807, 2.05) is 37.3 Å². The number of esters is 2. The molecule has 0 atom stereocenters. The van der Waals surface area contributed by atoms with Crippen LogP contribution in [0.4, 0.5) is 0 Å². The summed E-state index contributed by atoms with van der Waals surface area (Å²) in [5.74, 6) is -0.241. The van der Waals surface area contributed by atoms with Crippen molar-refractivity contribution in [2.75, 3.05) is 26.8 Å². The van der Waals surface area contributed by atoms with Crippen molar-refractivity contribution in [3.05, 3.63) is 63.6 Å². The van der Waals surface area contributed by atoms with E-state index in [1.165, 1.54) is 7.11 Å². The third-order valence-corrected chi connectivity index (χ3v) is 5.60. The number of carbonyl (C=O) groups is 2. The van der Waals surface area contributed by atoms with Crippen molar-refractivity contribution in [3.8, 4) is 5.75 Å². The van der Waals surface area contributed by atoms with Crippen molar-refractivity contribution in [2.24, 2.45) is 0 Å². The molecule has 0 radical (unpaired) electrons. The van der Waals surface area contributed by atoms with Crippen LogP contribution in [0.3, 0.4) is 0 Å². The Morgan fingerprint density at radius 1 is 1.10 bits per heavy atom. The molecule has 0 amide bonds. The first-order chi connectivity index (χ1) is 14.9. The minimum atomic E-state index is -0.381. The van der Waals surface area contributed by atoms with Crippen LogP contribution in [0.2, 0.25) is 0 Å². The summed E-state index contributed by atoms with van der Waals surface area (Å²) in [5, 5.41) is 10.1. The van der Waals surface area contributed by atoms with E-state index in [-0.39, 0.29) is 11.9 Å². The first-order valence-corrected chi connectivity index (χ1v) is 11.3. The van der Waals surface area contributed by atoms with Gasteiger partial charge in [-0.1, -0.05) is 24.3 Å². The van der Waals surface area contributed by atoms with Gasteiger partial charge in [-0.15, -0.1) is 0 Å². The van der Waals surface area contributed by atoms with Gasteiger partial charge in [0.15, 0.2) is 0 Å². The Labute approximate surface area is 192 Å². The van der Waals surface area contributed by atoms with Gasteiger partial charge < -0.3 is 14.6 Å². The molecule has 2 aromatic rings. The largest absolute Gasteiger partial charge is 0.508 e. The maximum absolute atomic E-state index is 11.8. The molecule has 0 saturated heterocycles. The number of aromatic hydroxyl groups is 1.